The molecule has 1 aromatic heterocycles. The predicted octanol–water partition coefficient (Wildman–Crippen LogP) is 1.50. The Morgan fingerprint density at radius 2 is 2.32 bits per heavy atom. The van der Waals surface area contributed by atoms with Crippen LogP contribution in [0.1, 0.15) is 39.5 Å². The molecule has 0 aromatic carbocycles. The normalized spacial score (nSPS) is 22.1. The molecule has 1 aliphatic heterocycles. The van der Waals surface area contributed by atoms with Gasteiger partial charge in [-0.25, -0.2) is 4.98 Å². The van der Waals surface area contributed by atoms with E-state index in [4.69, 9.17) is 10.5 Å². The number of hydrogen-bond donors (Lipinski definition) is 3. The zero-order chi connectivity index (χ0) is 13.9. The van der Waals surface area contributed by atoms with Crippen LogP contribution in [0.15, 0.2) is 11.1 Å². The van der Waals surface area contributed by atoms with E-state index in [1.807, 2.05) is 0 Å². The lowest BCUT2D eigenvalue weighted by molar-refractivity contribution is -0.0864. The molecule has 2 rings (SSSR count). The van der Waals surface area contributed by atoms with Gasteiger partial charge in [0.1, 0.15) is 5.69 Å². The first-order valence-corrected chi connectivity index (χ1v) is 6.84. The van der Waals surface area contributed by atoms with Crippen molar-refractivity contribution in [3.8, 4) is 0 Å². The van der Waals surface area contributed by atoms with E-state index >= 15 is 0 Å². The Balaban J connectivity index is 2.11. The average molecular weight is 266 g/mol. The smallest absolute Gasteiger partial charge is 0.276 e. The van der Waals surface area contributed by atoms with Crippen LogP contribution in [0, 0.1) is 0 Å². The van der Waals surface area contributed by atoms with Crippen LogP contribution in [0.25, 0.3) is 0 Å². The van der Waals surface area contributed by atoms with Crippen LogP contribution in [0.2, 0.25) is 0 Å². The highest BCUT2D eigenvalue weighted by molar-refractivity contribution is 5.59. The standard InChI is InChI=1S/C13H22N4O2/c1-3-13(4-2)7-9(5-6-19-13)17-11-10(14)12(18)16-8-15-11/h8-9H,3-7,14H2,1-2H3,(H2,15,16,17,18). The Kier molecular flexibility index (Phi) is 4.09. The molecule has 2 heterocycles. The Bertz CT molecular complexity index is 482. The summed E-state index contributed by atoms with van der Waals surface area (Å²) < 4.78 is 5.93. The van der Waals surface area contributed by atoms with Gasteiger partial charge in [-0.3, -0.25) is 4.79 Å². The quantitative estimate of drug-likeness (QED) is 0.768. The Morgan fingerprint density at radius 1 is 1.58 bits per heavy atom. The maximum atomic E-state index is 11.4. The highest BCUT2D eigenvalue weighted by atomic mass is 16.5. The topological polar surface area (TPSA) is 93.0 Å². The minimum absolute atomic E-state index is 0.0636. The Hall–Kier alpha value is -1.56. The summed E-state index contributed by atoms with van der Waals surface area (Å²) in [5.74, 6) is 0.469. The van der Waals surface area contributed by atoms with Crippen LogP contribution >= 0.6 is 0 Å². The van der Waals surface area contributed by atoms with Crippen LogP contribution in [-0.2, 0) is 4.74 Å². The molecule has 0 bridgehead atoms. The van der Waals surface area contributed by atoms with E-state index in [9.17, 15) is 4.79 Å². The molecule has 19 heavy (non-hydrogen) atoms. The minimum atomic E-state index is -0.304. The number of nitrogens with zero attached hydrogens (tertiary/aromatic N) is 1. The van der Waals surface area contributed by atoms with E-state index in [0.717, 1.165) is 32.3 Å². The summed E-state index contributed by atoms with van der Waals surface area (Å²) in [5.41, 5.74) is 5.51. The minimum Gasteiger partial charge on any atom is -0.391 e. The number of hydrogen-bond acceptors (Lipinski definition) is 5. The van der Waals surface area contributed by atoms with Crippen LogP contribution in [0.3, 0.4) is 0 Å². The van der Waals surface area contributed by atoms with E-state index < -0.39 is 0 Å². The molecule has 0 aliphatic carbocycles. The molecular formula is C13H22N4O2. The van der Waals surface area contributed by atoms with E-state index in [-0.39, 0.29) is 22.9 Å². The molecule has 6 nitrogen and oxygen atoms in total. The molecule has 1 unspecified atom stereocenters. The van der Waals surface area contributed by atoms with Crippen molar-refractivity contribution < 1.29 is 4.74 Å². The van der Waals surface area contributed by atoms with E-state index in [0.29, 0.717) is 5.82 Å². The average Bonchev–Trinajstić information content (AvgIpc) is 2.44. The fourth-order valence-corrected chi connectivity index (χ4v) is 2.61. The fraction of sp³-hybridized carbons (Fsp3) is 0.692. The Labute approximate surface area is 112 Å². The van der Waals surface area contributed by atoms with Crippen molar-refractivity contribution in [3.05, 3.63) is 16.7 Å². The molecule has 1 fully saturated rings. The molecule has 0 saturated carbocycles. The molecule has 6 heteroatoms. The highest BCUT2D eigenvalue weighted by Gasteiger charge is 2.34. The van der Waals surface area contributed by atoms with Crippen molar-refractivity contribution in [1.29, 1.82) is 0 Å². The zero-order valence-corrected chi connectivity index (χ0v) is 11.5. The maximum Gasteiger partial charge on any atom is 0.276 e. The number of rotatable bonds is 4. The molecular weight excluding hydrogens is 244 g/mol. The van der Waals surface area contributed by atoms with Gasteiger partial charge in [-0.05, 0) is 25.7 Å². The summed E-state index contributed by atoms with van der Waals surface area (Å²) in [6.07, 6.45) is 5.15. The largest absolute Gasteiger partial charge is 0.391 e. The van der Waals surface area contributed by atoms with Crippen molar-refractivity contribution in [1.82, 2.24) is 9.97 Å². The van der Waals surface area contributed by atoms with Gasteiger partial charge in [0.05, 0.1) is 11.9 Å². The van der Waals surface area contributed by atoms with E-state index in [1.165, 1.54) is 6.33 Å². The first kappa shape index (κ1) is 13.9. The number of nitrogens with two attached hydrogens (primary N) is 1. The van der Waals surface area contributed by atoms with Crippen molar-refractivity contribution in [2.45, 2.75) is 51.2 Å². The third-order valence-corrected chi connectivity index (χ3v) is 4.01. The van der Waals surface area contributed by atoms with Gasteiger partial charge in [0, 0.05) is 12.6 Å². The first-order chi connectivity index (χ1) is 9.10. The molecule has 1 saturated heterocycles. The number of nitrogen functional groups attached to an aromatic ring is 1. The third-order valence-electron chi connectivity index (χ3n) is 4.01. The van der Waals surface area contributed by atoms with Crippen molar-refractivity contribution in [2.75, 3.05) is 17.7 Å². The lowest BCUT2D eigenvalue weighted by Crippen LogP contribution is -2.44. The van der Waals surface area contributed by atoms with Crippen molar-refractivity contribution >= 4 is 11.5 Å². The van der Waals surface area contributed by atoms with Crippen molar-refractivity contribution in [3.63, 3.8) is 0 Å². The van der Waals surface area contributed by atoms with Crippen LogP contribution in [0.5, 0.6) is 0 Å². The summed E-state index contributed by atoms with van der Waals surface area (Å²) in [6, 6.07) is 0.241. The van der Waals surface area contributed by atoms with Gasteiger partial charge in [-0.1, -0.05) is 13.8 Å². The predicted molar refractivity (Wildman–Crippen MR) is 75.2 cm³/mol. The lowest BCUT2D eigenvalue weighted by Gasteiger charge is -2.40. The maximum absolute atomic E-state index is 11.4. The number of nitrogens with one attached hydrogen (secondary N) is 2. The van der Waals surface area contributed by atoms with Gasteiger partial charge in [-0.15, -0.1) is 0 Å². The molecule has 1 atom stereocenters. The summed E-state index contributed by atoms with van der Waals surface area (Å²) in [4.78, 5) is 18.0. The second-order valence-electron chi connectivity index (χ2n) is 5.07. The molecule has 1 aromatic rings. The van der Waals surface area contributed by atoms with Gasteiger partial charge >= 0.3 is 0 Å². The third kappa shape index (κ3) is 2.89. The fourth-order valence-electron chi connectivity index (χ4n) is 2.61. The number of ether oxygens (including phenoxy) is 1. The second kappa shape index (κ2) is 5.61. The van der Waals surface area contributed by atoms with Gasteiger partial charge in [0.15, 0.2) is 5.82 Å². The summed E-state index contributed by atoms with van der Waals surface area (Å²) in [6.45, 7) is 5.01. The van der Waals surface area contributed by atoms with Gasteiger partial charge < -0.3 is 20.8 Å². The first-order valence-electron chi connectivity index (χ1n) is 6.84. The molecule has 1 aliphatic rings. The zero-order valence-electron chi connectivity index (χ0n) is 11.5. The Morgan fingerprint density at radius 3 is 3.00 bits per heavy atom. The summed E-state index contributed by atoms with van der Waals surface area (Å²) in [7, 11) is 0. The summed E-state index contributed by atoms with van der Waals surface area (Å²) >= 11 is 0. The molecule has 0 spiro atoms. The van der Waals surface area contributed by atoms with Crippen LogP contribution in [-0.4, -0.2) is 28.2 Å². The monoisotopic (exact) mass is 266 g/mol. The van der Waals surface area contributed by atoms with E-state index in [2.05, 4.69) is 29.1 Å². The molecule has 0 radical (unpaired) electrons. The van der Waals surface area contributed by atoms with Crippen LogP contribution < -0.4 is 16.6 Å². The van der Waals surface area contributed by atoms with Gasteiger partial charge in [-0.2, -0.15) is 0 Å². The van der Waals surface area contributed by atoms with Gasteiger partial charge in [0.25, 0.3) is 5.56 Å². The number of aromatic amines is 1. The number of aromatic nitrogens is 2. The number of H-pyrrole nitrogens is 1. The molecule has 4 N–H and O–H groups in total. The second-order valence-corrected chi connectivity index (χ2v) is 5.07. The van der Waals surface area contributed by atoms with E-state index in [1.54, 1.807) is 0 Å². The molecule has 0 amide bonds. The SMILES string of the molecule is CCC1(CC)CC(Nc2nc[nH]c(=O)c2N)CCO1. The summed E-state index contributed by atoms with van der Waals surface area (Å²) in [5, 5.41) is 3.28. The van der Waals surface area contributed by atoms with Gasteiger partial charge in [0.2, 0.25) is 0 Å². The lowest BCUT2D eigenvalue weighted by atomic mass is 9.86. The van der Waals surface area contributed by atoms with Crippen LogP contribution in [0.4, 0.5) is 11.5 Å². The number of anilines is 2. The highest BCUT2D eigenvalue weighted by Crippen LogP contribution is 2.32. The van der Waals surface area contributed by atoms with Crippen molar-refractivity contribution in [2.24, 2.45) is 0 Å². The molecule has 106 valence electrons.